The third kappa shape index (κ3) is 2.24. The normalized spacial score (nSPS) is 26.4. The van der Waals surface area contributed by atoms with E-state index in [0.29, 0.717) is 6.04 Å². The molecule has 0 amide bonds. The van der Waals surface area contributed by atoms with Crippen LogP contribution in [0.5, 0.6) is 0 Å². The zero-order chi connectivity index (χ0) is 9.97. The molecule has 1 N–H and O–H groups in total. The van der Waals surface area contributed by atoms with E-state index >= 15 is 0 Å². The summed E-state index contributed by atoms with van der Waals surface area (Å²) >= 11 is 2.07. The average Bonchev–Trinajstić information content (AvgIpc) is 2.52. The monoisotopic (exact) mass is 207 g/mol. The van der Waals surface area contributed by atoms with Crippen molar-refractivity contribution in [2.45, 2.75) is 31.6 Å². The Morgan fingerprint density at radius 1 is 1.43 bits per heavy atom. The van der Waals surface area contributed by atoms with Gasteiger partial charge in [-0.25, -0.2) is 0 Å². The minimum absolute atomic E-state index is 0.654. The summed E-state index contributed by atoms with van der Waals surface area (Å²) in [5.74, 6) is 1.30. The fourth-order valence-electron chi connectivity index (χ4n) is 1.87. The molecule has 2 heteroatoms. The highest BCUT2D eigenvalue weighted by Gasteiger charge is 2.23. The van der Waals surface area contributed by atoms with Crippen molar-refractivity contribution < 1.29 is 0 Å². The van der Waals surface area contributed by atoms with Crippen LogP contribution in [0, 0.1) is 6.92 Å². The highest BCUT2D eigenvalue weighted by atomic mass is 32.2. The maximum atomic E-state index is 3.61. The molecule has 1 nitrogen and oxygen atoms in total. The number of hydrogen-bond donors (Lipinski definition) is 1. The van der Waals surface area contributed by atoms with E-state index in [1.807, 2.05) is 0 Å². The second-order valence-corrected chi connectivity index (χ2v) is 5.47. The minimum Gasteiger partial charge on any atom is -0.381 e. The number of benzene rings is 1. The first kappa shape index (κ1) is 9.91. The highest BCUT2D eigenvalue weighted by molar-refractivity contribution is 8.00. The van der Waals surface area contributed by atoms with E-state index in [2.05, 4.69) is 55.2 Å². The van der Waals surface area contributed by atoms with E-state index in [9.17, 15) is 0 Å². The summed E-state index contributed by atoms with van der Waals surface area (Å²) in [6.07, 6.45) is 1.29. The van der Waals surface area contributed by atoms with Gasteiger partial charge in [0.15, 0.2) is 0 Å². The Labute approximate surface area is 90.3 Å². The van der Waals surface area contributed by atoms with Gasteiger partial charge in [0.05, 0.1) is 0 Å². The first-order valence-electron chi connectivity index (χ1n) is 5.20. The Morgan fingerprint density at radius 3 is 2.93 bits per heavy atom. The van der Waals surface area contributed by atoms with Crippen LogP contribution in [0.1, 0.15) is 18.9 Å². The predicted molar refractivity (Wildman–Crippen MR) is 65.1 cm³/mol. The first-order chi connectivity index (χ1) is 6.75. The highest BCUT2D eigenvalue weighted by Crippen LogP contribution is 2.28. The van der Waals surface area contributed by atoms with Gasteiger partial charge in [-0.2, -0.15) is 11.8 Å². The summed E-state index contributed by atoms with van der Waals surface area (Å²) < 4.78 is 0. The lowest BCUT2D eigenvalue weighted by atomic mass is 10.1. The van der Waals surface area contributed by atoms with Crippen molar-refractivity contribution >= 4 is 17.4 Å². The van der Waals surface area contributed by atoms with Gasteiger partial charge in [0, 0.05) is 17.0 Å². The maximum Gasteiger partial charge on any atom is 0.0385 e. The van der Waals surface area contributed by atoms with Gasteiger partial charge in [-0.3, -0.25) is 0 Å². The van der Waals surface area contributed by atoms with Gasteiger partial charge in [0.25, 0.3) is 0 Å². The topological polar surface area (TPSA) is 12.0 Å². The van der Waals surface area contributed by atoms with Crippen LogP contribution >= 0.6 is 11.8 Å². The van der Waals surface area contributed by atoms with Crippen LogP contribution in [0.2, 0.25) is 0 Å². The third-order valence-corrected chi connectivity index (χ3v) is 4.07. The first-order valence-corrected chi connectivity index (χ1v) is 6.25. The third-order valence-electron chi connectivity index (χ3n) is 2.75. The van der Waals surface area contributed by atoms with E-state index < -0.39 is 0 Å². The number of thioether (sulfide) groups is 1. The van der Waals surface area contributed by atoms with E-state index in [1.165, 1.54) is 23.4 Å². The van der Waals surface area contributed by atoms with Crippen LogP contribution in [0.15, 0.2) is 24.3 Å². The quantitative estimate of drug-likeness (QED) is 0.798. The van der Waals surface area contributed by atoms with Crippen molar-refractivity contribution in [3.05, 3.63) is 29.8 Å². The number of nitrogens with one attached hydrogen (secondary N) is 1. The molecular weight excluding hydrogens is 190 g/mol. The lowest BCUT2D eigenvalue weighted by Crippen LogP contribution is -2.24. The molecule has 2 atom stereocenters. The van der Waals surface area contributed by atoms with Crippen molar-refractivity contribution in [3.8, 4) is 0 Å². The van der Waals surface area contributed by atoms with Crippen molar-refractivity contribution in [2.75, 3.05) is 11.1 Å². The van der Waals surface area contributed by atoms with E-state index in [0.717, 1.165) is 5.25 Å². The second kappa shape index (κ2) is 4.26. The Hall–Kier alpha value is -0.630. The number of hydrogen-bond acceptors (Lipinski definition) is 2. The van der Waals surface area contributed by atoms with Crippen LogP contribution in [-0.2, 0) is 0 Å². The average molecular weight is 207 g/mol. The molecule has 0 spiro atoms. The molecule has 2 unspecified atom stereocenters. The fraction of sp³-hybridized carbons (Fsp3) is 0.500. The van der Waals surface area contributed by atoms with Crippen molar-refractivity contribution in [2.24, 2.45) is 0 Å². The van der Waals surface area contributed by atoms with Gasteiger partial charge in [0.1, 0.15) is 0 Å². The van der Waals surface area contributed by atoms with Gasteiger partial charge in [-0.1, -0.05) is 19.1 Å². The Bertz CT molecular complexity index is 311. The molecule has 1 heterocycles. The molecule has 1 aliphatic rings. The smallest absolute Gasteiger partial charge is 0.0385 e. The standard InChI is InChI=1S/C12H17NS/c1-9-4-3-5-11(8-9)13-12-6-7-14-10(12)2/h3-5,8,10,12-13H,6-7H2,1-2H3. The SMILES string of the molecule is Cc1cccc(NC2CCSC2C)c1. The molecule has 0 aliphatic carbocycles. The summed E-state index contributed by atoms with van der Waals surface area (Å²) in [7, 11) is 0. The van der Waals surface area contributed by atoms with E-state index in [1.54, 1.807) is 0 Å². The van der Waals surface area contributed by atoms with Crippen LogP contribution < -0.4 is 5.32 Å². The molecule has 1 fully saturated rings. The zero-order valence-corrected chi connectivity index (χ0v) is 9.60. The summed E-state index contributed by atoms with van der Waals surface area (Å²) in [5.41, 5.74) is 2.60. The van der Waals surface area contributed by atoms with Gasteiger partial charge >= 0.3 is 0 Å². The van der Waals surface area contributed by atoms with Crippen molar-refractivity contribution in [3.63, 3.8) is 0 Å². The summed E-state index contributed by atoms with van der Waals surface area (Å²) in [4.78, 5) is 0. The second-order valence-electron chi connectivity index (χ2n) is 3.98. The van der Waals surface area contributed by atoms with E-state index in [-0.39, 0.29) is 0 Å². The molecule has 0 bridgehead atoms. The molecule has 0 radical (unpaired) electrons. The van der Waals surface area contributed by atoms with Gasteiger partial charge < -0.3 is 5.32 Å². The molecule has 2 rings (SSSR count). The molecule has 1 saturated heterocycles. The van der Waals surface area contributed by atoms with E-state index in [4.69, 9.17) is 0 Å². The van der Waals surface area contributed by atoms with Crippen LogP contribution in [0.3, 0.4) is 0 Å². The fourth-order valence-corrected chi connectivity index (χ4v) is 3.07. The Morgan fingerprint density at radius 2 is 2.29 bits per heavy atom. The Kier molecular flexibility index (Phi) is 3.02. The number of anilines is 1. The lowest BCUT2D eigenvalue weighted by Gasteiger charge is -2.18. The Balaban J connectivity index is 2.03. The zero-order valence-electron chi connectivity index (χ0n) is 8.79. The lowest BCUT2D eigenvalue weighted by molar-refractivity contribution is 0.724. The van der Waals surface area contributed by atoms with Crippen LogP contribution in [0.25, 0.3) is 0 Å². The molecule has 1 aliphatic heterocycles. The summed E-state index contributed by atoms with van der Waals surface area (Å²) in [6, 6.07) is 9.28. The molecule has 76 valence electrons. The minimum atomic E-state index is 0.654. The van der Waals surface area contributed by atoms with Gasteiger partial charge in [0.2, 0.25) is 0 Å². The van der Waals surface area contributed by atoms with Gasteiger partial charge in [-0.15, -0.1) is 0 Å². The largest absolute Gasteiger partial charge is 0.381 e. The van der Waals surface area contributed by atoms with Crippen molar-refractivity contribution in [1.82, 2.24) is 0 Å². The molecule has 0 aromatic heterocycles. The number of rotatable bonds is 2. The van der Waals surface area contributed by atoms with Gasteiger partial charge in [-0.05, 0) is 36.8 Å². The predicted octanol–water partition coefficient (Wildman–Crippen LogP) is 3.30. The number of aryl methyl sites for hydroxylation is 1. The molecule has 14 heavy (non-hydrogen) atoms. The summed E-state index contributed by atoms with van der Waals surface area (Å²) in [5, 5.41) is 4.36. The van der Waals surface area contributed by atoms with Crippen LogP contribution in [0.4, 0.5) is 5.69 Å². The maximum absolute atomic E-state index is 3.61. The molecular formula is C12H17NS. The molecule has 1 aromatic carbocycles. The molecule has 0 saturated carbocycles. The van der Waals surface area contributed by atoms with Crippen molar-refractivity contribution in [1.29, 1.82) is 0 Å². The van der Waals surface area contributed by atoms with Crippen LogP contribution in [-0.4, -0.2) is 17.0 Å². The molecule has 1 aromatic rings. The summed E-state index contributed by atoms with van der Waals surface area (Å²) in [6.45, 7) is 4.45.